The van der Waals surface area contributed by atoms with Crippen molar-refractivity contribution in [2.24, 2.45) is 11.1 Å². The van der Waals surface area contributed by atoms with E-state index in [0.717, 1.165) is 45.3 Å². The van der Waals surface area contributed by atoms with Crippen LogP contribution < -0.4 is 5.73 Å². The van der Waals surface area contributed by atoms with E-state index in [1.165, 1.54) is 5.56 Å². The molecular weight excluding hydrogens is 314 g/mol. The monoisotopic (exact) mass is 343 g/mol. The quantitative estimate of drug-likeness (QED) is 0.768. The Balaban J connectivity index is 1.49. The normalized spacial score (nSPS) is 22.4. The van der Waals surface area contributed by atoms with Gasteiger partial charge in [0.25, 0.3) is 0 Å². The van der Waals surface area contributed by atoms with Crippen molar-refractivity contribution in [3.05, 3.63) is 35.9 Å². The minimum absolute atomic E-state index is 0.0730. The molecule has 2 N–H and O–H groups in total. The molecule has 2 amide bonds. The number of piperidine rings is 1. The fraction of sp³-hybridized carbons (Fsp3) is 0.600. The Morgan fingerprint density at radius 1 is 1.28 bits per heavy atom. The first kappa shape index (κ1) is 17.9. The molecule has 136 valence electrons. The van der Waals surface area contributed by atoms with Crippen LogP contribution in [0.5, 0.6) is 0 Å². The molecule has 1 aromatic carbocycles. The summed E-state index contributed by atoms with van der Waals surface area (Å²) >= 11 is 0. The maximum absolute atomic E-state index is 12.7. The van der Waals surface area contributed by atoms with Crippen molar-refractivity contribution < 1.29 is 9.59 Å². The van der Waals surface area contributed by atoms with Gasteiger partial charge >= 0.3 is 0 Å². The lowest BCUT2D eigenvalue weighted by molar-refractivity contribution is -0.144. The van der Waals surface area contributed by atoms with Crippen LogP contribution in [0.25, 0.3) is 0 Å². The number of carbonyl (C=O) groups is 2. The highest BCUT2D eigenvalue weighted by Gasteiger charge is 2.57. The van der Waals surface area contributed by atoms with E-state index >= 15 is 0 Å². The Hall–Kier alpha value is -1.88. The van der Waals surface area contributed by atoms with Crippen molar-refractivity contribution in [3.63, 3.8) is 0 Å². The minimum atomic E-state index is -0.898. The van der Waals surface area contributed by atoms with E-state index in [1.807, 2.05) is 13.1 Å². The van der Waals surface area contributed by atoms with Gasteiger partial charge in [-0.25, -0.2) is 0 Å². The highest BCUT2D eigenvalue weighted by molar-refractivity contribution is 6.07. The van der Waals surface area contributed by atoms with Crippen molar-refractivity contribution in [3.8, 4) is 0 Å². The number of hydrogen-bond donors (Lipinski definition) is 1. The van der Waals surface area contributed by atoms with Gasteiger partial charge in [0.05, 0.1) is 0 Å². The molecular formula is C20H29N3O2. The predicted molar refractivity (Wildman–Crippen MR) is 97.9 cm³/mol. The molecule has 2 aliphatic rings. The third kappa shape index (κ3) is 4.03. The Kier molecular flexibility index (Phi) is 5.42. The summed E-state index contributed by atoms with van der Waals surface area (Å²) in [5.41, 5.74) is 5.93. The summed E-state index contributed by atoms with van der Waals surface area (Å²) in [6, 6.07) is 10.7. The van der Waals surface area contributed by atoms with Crippen molar-refractivity contribution in [1.29, 1.82) is 0 Å². The molecule has 0 aromatic heterocycles. The fourth-order valence-electron chi connectivity index (χ4n) is 3.90. The summed E-state index contributed by atoms with van der Waals surface area (Å²) < 4.78 is 0. The number of aryl methyl sites for hydroxylation is 1. The van der Waals surface area contributed by atoms with Crippen LogP contribution in [0.1, 0.15) is 37.7 Å². The molecule has 1 aliphatic carbocycles. The number of nitrogens with two attached hydrogens (primary N) is 1. The van der Waals surface area contributed by atoms with Gasteiger partial charge in [-0.05, 0) is 57.2 Å². The first-order valence-corrected chi connectivity index (χ1v) is 9.36. The number of carbonyl (C=O) groups excluding carboxylic acids is 2. The summed E-state index contributed by atoms with van der Waals surface area (Å²) in [5.74, 6) is -0.531. The lowest BCUT2D eigenvalue weighted by Gasteiger charge is -2.38. The number of rotatable bonds is 7. The molecule has 5 heteroatoms. The molecule has 0 radical (unpaired) electrons. The van der Waals surface area contributed by atoms with E-state index in [4.69, 9.17) is 5.73 Å². The number of nitrogens with zero attached hydrogens (tertiary/aromatic N) is 2. The highest BCUT2D eigenvalue weighted by Crippen LogP contribution is 2.47. The van der Waals surface area contributed by atoms with Crippen LogP contribution in [0.4, 0.5) is 0 Å². The number of amides is 2. The summed E-state index contributed by atoms with van der Waals surface area (Å²) in [6.45, 7) is 3.04. The van der Waals surface area contributed by atoms with Gasteiger partial charge in [-0.3, -0.25) is 9.59 Å². The summed E-state index contributed by atoms with van der Waals surface area (Å²) in [6.07, 6.45) is 5.53. The third-order valence-corrected chi connectivity index (χ3v) is 5.76. The van der Waals surface area contributed by atoms with Crippen molar-refractivity contribution in [2.45, 2.75) is 44.6 Å². The van der Waals surface area contributed by atoms with E-state index in [9.17, 15) is 9.59 Å². The summed E-state index contributed by atoms with van der Waals surface area (Å²) in [5, 5.41) is 0. The number of likely N-dealkylation sites (N-methyl/N-ethyl adjacent to an activating group) is 1. The van der Waals surface area contributed by atoms with Crippen molar-refractivity contribution in [1.82, 2.24) is 9.80 Å². The van der Waals surface area contributed by atoms with Crippen LogP contribution >= 0.6 is 0 Å². The van der Waals surface area contributed by atoms with Gasteiger partial charge in [0, 0.05) is 19.6 Å². The topological polar surface area (TPSA) is 66.6 Å². The molecule has 1 saturated heterocycles. The zero-order valence-electron chi connectivity index (χ0n) is 15.1. The molecule has 3 rings (SSSR count). The molecule has 5 nitrogen and oxygen atoms in total. The first-order valence-electron chi connectivity index (χ1n) is 9.36. The minimum Gasteiger partial charge on any atom is -0.369 e. The van der Waals surface area contributed by atoms with E-state index in [1.54, 1.807) is 4.90 Å². The number of hydrogen-bond acceptors (Lipinski definition) is 3. The van der Waals surface area contributed by atoms with Gasteiger partial charge in [-0.15, -0.1) is 0 Å². The van der Waals surface area contributed by atoms with Crippen LogP contribution in [0, 0.1) is 5.41 Å². The first-order chi connectivity index (χ1) is 12.0. The molecule has 1 atom stereocenters. The van der Waals surface area contributed by atoms with Gasteiger partial charge < -0.3 is 15.5 Å². The standard InChI is InChI=1S/C20H29N3O2/c1-22(19(25)20(11-12-20)18(21)24)17-10-6-14-23(15-17)13-5-9-16-7-3-2-4-8-16/h2-4,7-8,17H,5-6,9-15H2,1H3,(H2,21,24). The van der Waals surface area contributed by atoms with E-state index in [0.29, 0.717) is 12.8 Å². The molecule has 2 fully saturated rings. The van der Waals surface area contributed by atoms with E-state index < -0.39 is 11.3 Å². The molecule has 0 bridgehead atoms. The Morgan fingerprint density at radius 3 is 2.64 bits per heavy atom. The second kappa shape index (κ2) is 7.56. The number of likely N-dealkylation sites (tertiary alicyclic amines) is 1. The second-order valence-electron chi connectivity index (χ2n) is 7.55. The van der Waals surface area contributed by atoms with Gasteiger partial charge in [-0.1, -0.05) is 30.3 Å². The van der Waals surface area contributed by atoms with Gasteiger partial charge in [-0.2, -0.15) is 0 Å². The molecule has 25 heavy (non-hydrogen) atoms. The third-order valence-electron chi connectivity index (χ3n) is 5.76. The maximum atomic E-state index is 12.7. The van der Waals surface area contributed by atoms with Crippen LogP contribution in [0.15, 0.2) is 30.3 Å². The smallest absolute Gasteiger partial charge is 0.238 e. The van der Waals surface area contributed by atoms with Crippen LogP contribution in [-0.4, -0.2) is 54.3 Å². The second-order valence-corrected chi connectivity index (χ2v) is 7.55. The molecule has 1 unspecified atom stereocenters. The van der Waals surface area contributed by atoms with Crippen LogP contribution in [0.2, 0.25) is 0 Å². The van der Waals surface area contributed by atoms with E-state index in [2.05, 4.69) is 29.2 Å². The van der Waals surface area contributed by atoms with Crippen LogP contribution in [-0.2, 0) is 16.0 Å². The fourth-order valence-corrected chi connectivity index (χ4v) is 3.90. The Bertz CT molecular complexity index is 613. The summed E-state index contributed by atoms with van der Waals surface area (Å²) in [4.78, 5) is 28.5. The lowest BCUT2D eigenvalue weighted by Crippen LogP contribution is -2.52. The van der Waals surface area contributed by atoms with E-state index in [-0.39, 0.29) is 11.9 Å². The highest BCUT2D eigenvalue weighted by atomic mass is 16.2. The zero-order chi connectivity index (χ0) is 17.9. The molecule has 1 saturated carbocycles. The molecule has 1 aromatic rings. The zero-order valence-corrected chi connectivity index (χ0v) is 15.1. The summed E-state index contributed by atoms with van der Waals surface area (Å²) in [7, 11) is 1.84. The number of benzene rings is 1. The average Bonchev–Trinajstić information content (AvgIpc) is 3.44. The molecule has 0 spiro atoms. The Morgan fingerprint density at radius 2 is 2.00 bits per heavy atom. The molecule has 1 aliphatic heterocycles. The van der Waals surface area contributed by atoms with Gasteiger partial charge in [0.2, 0.25) is 11.8 Å². The van der Waals surface area contributed by atoms with Crippen LogP contribution in [0.3, 0.4) is 0 Å². The van der Waals surface area contributed by atoms with Gasteiger partial charge in [0.1, 0.15) is 5.41 Å². The SMILES string of the molecule is CN(C(=O)C1(C(N)=O)CC1)C1CCCN(CCCc2ccccc2)C1. The van der Waals surface area contributed by atoms with Crippen molar-refractivity contribution in [2.75, 3.05) is 26.7 Å². The average molecular weight is 343 g/mol. The van der Waals surface area contributed by atoms with Gasteiger partial charge in [0.15, 0.2) is 0 Å². The number of primary amides is 1. The largest absolute Gasteiger partial charge is 0.369 e. The van der Waals surface area contributed by atoms with Crippen molar-refractivity contribution >= 4 is 11.8 Å². The lowest BCUT2D eigenvalue weighted by atomic mass is 9.99. The molecule has 1 heterocycles. The maximum Gasteiger partial charge on any atom is 0.238 e. The Labute approximate surface area is 150 Å². The predicted octanol–water partition coefficient (Wildman–Crippen LogP) is 1.81.